The molecule has 1 unspecified atom stereocenters. The summed E-state index contributed by atoms with van der Waals surface area (Å²) in [6, 6.07) is 7.37. The first-order valence-electron chi connectivity index (χ1n) is 9.67. The van der Waals surface area contributed by atoms with Gasteiger partial charge in [0.05, 0.1) is 29.4 Å². The van der Waals surface area contributed by atoms with Crippen molar-refractivity contribution in [1.29, 1.82) is 0 Å². The Morgan fingerprint density at radius 2 is 2.00 bits per heavy atom. The van der Waals surface area contributed by atoms with E-state index in [0.717, 1.165) is 25.6 Å². The highest BCUT2D eigenvalue weighted by Crippen LogP contribution is 2.26. The Morgan fingerprint density at radius 1 is 1.19 bits per heavy atom. The average Bonchev–Trinajstić information content (AvgIpc) is 2.67. The van der Waals surface area contributed by atoms with Crippen LogP contribution in [0, 0.1) is 5.92 Å². The maximum Gasteiger partial charge on any atom is 0.261 e. The Labute approximate surface area is 154 Å². The van der Waals surface area contributed by atoms with Gasteiger partial charge in [-0.05, 0) is 50.2 Å². The van der Waals surface area contributed by atoms with E-state index in [-0.39, 0.29) is 5.56 Å². The number of piperidine rings is 1. The fourth-order valence-electron chi connectivity index (χ4n) is 4.23. The predicted molar refractivity (Wildman–Crippen MR) is 103 cm³/mol. The van der Waals surface area contributed by atoms with Crippen LogP contribution in [0.5, 0.6) is 0 Å². The number of aliphatic hydroxyl groups is 1. The van der Waals surface area contributed by atoms with Gasteiger partial charge in [0.25, 0.3) is 5.56 Å². The molecule has 1 aromatic heterocycles. The second-order valence-electron chi connectivity index (χ2n) is 7.87. The second kappa shape index (κ2) is 7.33. The van der Waals surface area contributed by atoms with Crippen molar-refractivity contribution >= 4 is 10.9 Å². The molecular weight excluding hydrogens is 326 g/mol. The number of rotatable bonds is 4. The highest BCUT2D eigenvalue weighted by Gasteiger charge is 2.33. The number of hydrogen-bond acceptors (Lipinski definition) is 4. The highest BCUT2D eigenvalue weighted by atomic mass is 16.3. The number of hydrogen-bond donors (Lipinski definition) is 1. The van der Waals surface area contributed by atoms with Crippen LogP contribution in [0.15, 0.2) is 47.5 Å². The lowest BCUT2D eigenvalue weighted by Gasteiger charge is -2.39. The van der Waals surface area contributed by atoms with Gasteiger partial charge in [0.1, 0.15) is 0 Å². The summed E-state index contributed by atoms with van der Waals surface area (Å²) in [5.41, 5.74) is -0.186. The zero-order valence-corrected chi connectivity index (χ0v) is 15.2. The molecule has 0 bridgehead atoms. The average molecular weight is 353 g/mol. The van der Waals surface area contributed by atoms with Crippen LogP contribution in [0.1, 0.15) is 32.1 Å². The number of allylic oxidation sites excluding steroid dienone is 2. The van der Waals surface area contributed by atoms with Crippen molar-refractivity contribution in [2.75, 3.05) is 19.6 Å². The van der Waals surface area contributed by atoms with Crippen molar-refractivity contribution in [1.82, 2.24) is 14.5 Å². The molecule has 1 atom stereocenters. The minimum atomic E-state index is -0.822. The largest absolute Gasteiger partial charge is 0.388 e. The van der Waals surface area contributed by atoms with Gasteiger partial charge < -0.3 is 10.0 Å². The SMILES string of the molecule is O=c1c2ccccc2ncn1CC1(O)CCN(CC2CC=CCC2)CC1. The molecule has 1 aliphatic heterocycles. The maximum absolute atomic E-state index is 12.7. The van der Waals surface area contributed by atoms with Crippen LogP contribution in [0.3, 0.4) is 0 Å². The number of likely N-dealkylation sites (tertiary alicyclic amines) is 1. The van der Waals surface area contributed by atoms with Crippen LogP contribution in [0.25, 0.3) is 10.9 Å². The Morgan fingerprint density at radius 3 is 2.77 bits per heavy atom. The van der Waals surface area contributed by atoms with Crippen molar-refractivity contribution in [2.24, 2.45) is 5.92 Å². The Hall–Kier alpha value is -1.98. The third-order valence-electron chi connectivity index (χ3n) is 5.88. The van der Waals surface area contributed by atoms with Gasteiger partial charge in [0, 0.05) is 19.6 Å². The Kier molecular flexibility index (Phi) is 4.92. The highest BCUT2D eigenvalue weighted by molar-refractivity contribution is 5.76. The second-order valence-corrected chi connectivity index (χ2v) is 7.87. The minimum Gasteiger partial charge on any atom is -0.388 e. The Bertz CT molecular complexity index is 850. The van der Waals surface area contributed by atoms with Crippen LogP contribution < -0.4 is 5.56 Å². The van der Waals surface area contributed by atoms with Crippen LogP contribution in [-0.2, 0) is 6.54 Å². The third kappa shape index (κ3) is 3.74. The minimum absolute atomic E-state index is 0.0690. The molecule has 1 N–H and O–H groups in total. The molecular formula is C21H27N3O2. The number of fused-ring (bicyclic) bond motifs is 1. The monoisotopic (exact) mass is 353 g/mol. The normalized spacial score (nSPS) is 23.3. The number of aromatic nitrogens is 2. The number of benzene rings is 1. The number of nitrogens with zero attached hydrogens (tertiary/aromatic N) is 3. The first kappa shape index (κ1) is 17.4. The predicted octanol–water partition coefficient (Wildman–Crippen LogP) is 2.58. The van der Waals surface area contributed by atoms with Crippen molar-refractivity contribution in [3.63, 3.8) is 0 Å². The zero-order valence-electron chi connectivity index (χ0n) is 15.2. The van der Waals surface area contributed by atoms with Gasteiger partial charge in [-0.3, -0.25) is 9.36 Å². The van der Waals surface area contributed by atoms with E-state index in [0.29, 0.717) is 30.3 Å². The summed E-state index contributed by atoms with van der Waals surface area (Å²) in [7, 11) is 0. The lowest BCUT2D eigenvalue weighted by Crippen LogP contribution is -2.49. The first-order valence-corrected chi connectivity index (χ1v) is 9.67. The summed E-state index contributed by atoms with van der Waals surface area (Å²) >= 11 is 0. The molecule has 26 heavy (non-hydrogen) atoms. The van der Waals surface area contributed by atoms with Crippen molar-refractivity contribution < 1.29 is 5.11 Å². The van der Waals surface area contributed by atoms with E-state index in [4.69, 9.17) is 0 Å². The molecule has 5 heteroatoms. The topological polar surface area (TPSA) is 58.4 Å². The van der Waals surface area contributed by atoms with Crippen LogP contribution >= 0.6 is 0 Å². The third-order valence-corrected chi connectivity index (χ3v) is 5.88. The fraction of sp³-hybridized carbons (Fsp3) is 0.524. The van der Waals surface area contributed by atoms with Crippen LogP contribution in [-0.4, -0.2) is 44.8 Å². The molecule has 0 saturated carbocycles. The lowest BCUT2D eigenvalue weighted by atomic mass is 9.89. The summed E-state index contributed by atoms with van der Waals surface area (Å²) < 4.78 is 1.57. The molecule has 0 amide bonds. The van der Waals surface area contributed by atoms with Crippen molar-refractivity contribution in [3.05, 3.63) is 53.1 Å². The van der Waals surface area contributed by atoms with E-state index in [2.05, 4.69) is 22.0 Å². The van der Waals surface area contributed by atoms with Gasteiger partial charge in [0.2, 0.25) is 0 Å². The quantitative estimate of drug-likeness (QED) is 0.859. The van der Waals surface area contributed by atoms with E-state index in [1.165, 1.54) is 19.3 Å². The standard InChI is InChI=1S/C21H27N3O2/c25-20-18-8-4-5-9-19(18)22-16-24(20)15-21(26)10-12-23(13-11-21)14-17-6-2-1-3-7-17/h1-2,4-5,8-9,16-17,26H,3,6-7,10-15H2. The van der Waals surface area contributed by atoms with Crippen LogP contribution in [0.4, 0.5) is 0 Å². The van der Waals surface area contributed by atoms with E-state index < -0.39 is 5.60 Å². The van der Waals surface area contributed by atoms with Gasteiger partial charge in [-0.25, -0.2) is 4.98 Å². The first-order chi connectivity index (χ1) is 12.6. The molecule has 2 heterocycles. The molecule has 0 spiro atoms. The zero-order chi connectivity index (χ0) is 18.0. The maximum atomic E-state index is 12.7. The molecule has 5 nitrogen and oxygen atoms in total. The van der Waals surface area contributed by atoms with Crippen molar-refractivity contribution in [2.45, 2.75) is 44.2 Å². The summed E-state index contributed by atoms with van der Waals surface area (Å²) in [5.74, 6) is 0.749. The summed E-state index contributed by atoms with van der Waals surface area (Å²) in [6.45, 7) is 3.24. The molecule has 2 aliphatic rings. The van der Waals surface area contributed by atoms with Gasteiger partial charge in [-0.1, -0.05) is 24.3 Å². The van der Waals surface area contributed by atoms with Gasteiger partial charge >= 0.3 is 0 Å². The van der Waals surface area contributed by atoms with Crippen LogP contribution in [0.2, 0.25) is 0 Å². The van der Waals surface area contributed by atoms with E-state index in [1.54, 1.807) is 17.0 Å². The summed E-state index contributed by atoms with van der Waals surface area (Å²) in [6.07, 6.45) is 11.2. The molecule has 1 aliphatic carbocycles. The summed E-state index contributed by atoms with van der Waals surface area (Å²) in [5, 5.41) is 11.6. The van der Waals surface area contributed by atoms with E-state index in [1.807, 2.05) is 18.2 Å². The molecule has 2 aromatic rings. The van der Waals surface area contributed by atoms with Gasteiger partial charge in [0.15, 0.2) is 0 Å². The fourth-order valence-corrected chi connectivity index (χ4v) is 4.23. The van der Waals surface area contributed by atoms with E-state index >= 15 is 0 Å². The number of para-hydroxylation sites is 1. The molecule has 4 rings (SSSR count). The molecule has 1 saturated heterocycles. The van der Waals surface area contributed by atoms with Gasteiger partial charge in [-0.15, -0.1) is 0 Å². The smallest absolute Gasteiger partial charge is 0.261 e. The molecule has 0 radical (unpaired) electrons. The van der Waals surface area contributed by atoms with E-state index in [9.17, 15) is 9.90 Å². The Balaban J connectivity index is 1.40. The molecule has 138 valence electrons. The molecule has 1 fully saturated rings. The van der Waals surface area contributed by atoms with Gasteiger partial charge in [-0.2, -0.15) is 0 Å². The molecule has 1 aromatic carbocycles. The van der Waals surface area contributed by atoms with Crippen molar-refractivity contribution in [3.8, 4) is 0 Å². The lowest BCUT2D eigenvalue weighted by molar-refractivity contribution is -0.0375. The summed E-state index contributed by atoms with van der Waals surface area (Å²) in [4.78, 5) is 19.5.